The van der Waals surface area contributed by atoms with E-state index in [4.69, 9.17) is 24.2 Å². The fourth-order valence-electron chi connectivity index (χ4n) is 12.4. The van der Waals surface area contributed by atoms with E-state index < -0.39 is 0 Å². The molecule has 0 spiro atoms. The van der Waals surface area contributed by atoms with E-state index in [0.29, 0.717) is 0 Å². The van der Waals surface area contributed by atoms with Crippen LogP contribution in [0.5, 0.6) is 17.2 Å². The highest BCUT2D eigenvalue weighted by atomic mass is 16.5. The van der Waals surface area contributed by atoms with E-state index >= 15 is 0 Å². The first-order chi connectivity index (χ1) is 43.1. The summed E-state index contributed by atoms with van der Waals surface area (Å²) >= 11 is 0. The van der Waals surface area contributed by atoms with Crippen LogP contribution >= 0.6 is 0 Å². The van der Waals surface area contributed by atoms with Gasteiger partial charge in [0.1, 0.15) is 17.2 Å². The lowest BCUT2D eigenvalue weighted by molar-refractivity contribution is 0.304. The van der Waals surface area contributed by atoms with E-state index in [-0.39, 0.29) is 0 Å². The third-order valence-electron chi connectivity index (χ3n) is 17.4. The highest BCUT2D eigenvalue weighted by Gasteiger charge is 2.20. The summed E-state index contributed by atoms with van der Waals surface area (Å²) in [5, 5.41) is 0. The molecule has 0 radical (unpaired) electrons. The van der Waals surface area contributed by atoms with Gasteiger partial charge in [-0.1, -0.05) is 237 Å². The van der Waals surface area contributed by atoms with Gasteiger partial charge in [-0.25, -0.2) is 9.97 Å². The Balaban J connectivity index is 1.04. The molecule has 0 aliphatic carbocycles. The maximum Gasteiger partial charge on any atom is 0.119 e. The van der Waals surface area contributed by atoms with E-state index in [0.717, 1.165) is 146 Å². The lowest BCUT2D eigenvalue weighted by atomic mass is 10.0. The van der Waals surface area contributed by atoms with Gasteiger partial charge >= 0.3 is 0 Å². The van der Waals surface area contributed by atoms with Crippen molar-refractivity contribution >= 4 is 46.4 Å². The van der Waals surface area contributed by atoms with Crippen molar-refractivity contribution in [2.24, 2.45) is 0 Å². The summed E-state index contributed by atoms with van der Waals surface area (Å²) in [5.74, 6) is 2.64. The maximum atomic E-state index is 6.39. The fraction of sp³-hybridized carbons (Fsp3) is 0.456. The lowest BCUT2D eigenvalue weighted by Gasteiger charge is -2.10. The molecule has 6 heterocycles. The first kappa shape index (κ1) is 64.3. The number of aromatic amines is 2. The summed E-state index contributed by atoms with van der Waals surface area (Å²) in [6.45, 7) is 9.01. The zero-order valence-corrected chi connectivity index (χ0v) is 53.3. The van der Waals surface area contributed by atoms with Gasteiger partial charge in [-0.15, -0.1) is 0 Å². The molecule has 4 aromatic heterocycles. The van der Waals surface area contributed by atoms with Gasteiger partial charge in [0.15, 0.2) is 0 Å². The van der Waals surface area contributed by atoms with Gasteiger partial charge in [0.2, 0.25) is 0 Å². The zero-order valence-electron chi connectivity index (χ0n) is 53.3. The number of aromatic nitrogens is 5. The second-order valence-corrected chi connectivity index (χ2v) is 24.4. The monoisotopic (exact) mass is 1170 g/mol. The molecule has 0 saturated heterocycles. The number of ether oxygens (including phenoxy) is 3. The Bertz CT molecular complexity index is 3290. The van der Waals surface area contributed by atoms with E-state index in [1.54, 1.807) is 0 Å². The molecule has 0 fully saturated rings. The zero-order chi connectivity index (χ0) is 59.9. The number of H-pyrrole nitrogens is 2. The van der Waals surface area contributed by atoms with Crippen molar-refractivity contribution in [2.45, 2.75) is 213 Å². The molecular formula is C79H101N5O3. The van der Waals surface area contributed by atoms with E-state index in [1.165, 1.54) is 173 Å². The van der Waals surface area contributed by atoms with Crippen LogP contribution in [-0.2, 0) is 0 Å². The Morgan fingerprint density at radius 1 is 0.287 bits per heavy atom. The number of hydrogen-bond donors (Lipinski definition) is 2. The van der Waals surface area contributed by atoms with Crippen LogP contribution < -0.4 is 14.2 Å². The largest absolute Gasteiger partial charge is 0.494 e. The maximum absolute atomic E-state index is 6.39. The molecule has 8 heteroatoms. The van der Waals surface area contributed by atoms with E-state index in [2.05, 4.69) is 163 Å². The molecule has 2 aliphatic heterocycles. The molecule has 0 saturated carbocycles. The molecule has 0 atom stereocenters. The Morgan fingerprint density at radius 2 is 0.552 bits per heavy atom. The van der Waals surface area contributed by atoms with Crippen molar-refractivity contribution in [1.29, 1.82) is 0 Å². The predicted octanol–water partition coefficient (Wildman–Crippen LogP) is 23.6. The van der Waals surface area contributed by atoms with Crippen molar-refractivity contribution in [3.63, 3.8) is 0 Å². The Hall–Kier alpha value is -7.19. The van der Waals surface area contributed by atoms with Crippen molar-refractivity contribution in [3.8, 4) is 61.8 Å². The quantitative estimate of drug-likeness (QED) is 0.0371. The Morgan fingerprint density at radius 3 is 0.816 bits per heavy atom. The number of pyridine rings is 1. The molecule has 2 N–H and O–H groups in total. The minimum Gasteiger partial charge on any atom is -0.494 e. The van der Waals surface area contributed by atoms with Gasteiger partial charge in [-0.05, 0) is 127 Å². The molecule has 7 aromatic rings. The van der Waals surface area contributed by atoms with Crippen molar-refractivity contribution in [1.82, 2.24) is 24.9 Å². The molecular weight excluding hydrogens is 1070 g/mol. The lowest BCUT2D eigenvalue weighted by Crippen LogP contribution is -1.97. The fourth-order valence-corrected chi connectivity index (χ4v) is 12.4. The van der Waals surface area contributed by atoms with Gasteiger partial charge in [0, 0.05) is 62.3 Å². The molecule has 9 rings (SSSR count). The molecule has 8 bridgehead atoms. The average Bonchev–Trinajstić information content (AvgIpc) is 2.38. The summed E-state index contributed by atoms with van der Waals surface area (Å²) in [4.78, 5) is 23.6. The normalized spacial score (nSPS) is 11.9. The molecule has 3 aromatic carbocycles. The summed E-state index contributed by atoms with van der Waals surface area (Å²) in [5.41, 5.74) is 15.3. The standard InChI is InChI=1S/C79H101N5O3/c1-4-7-10-13-16-19-22-25-28-31-57-85-65-42-36-61(37-43-65)76-68-48-50-70(81-68)77(62-38-44-66(45-39-62)86-58-32-29-26-23-20-17-14-11-8-5-2)72-52-54-74(83-72)79(64-35-34-56-80-60-64)75-55-53-73(84-75)78(71-51-49-69(76)82-71)63-40-46-67(47-41-63)87-59-33-30-27-24-21-18-15-12-9-6-3/h34-56,60,81,84H,4-33,57-59H2,1-3H3. The van der Waals surface area contributed by atoms with E-state index in [9.17, 15) is 0 Å². The SMILES string of the molecule is CCCCCCCCCCCCOc1ccc(-c2c3nc(c(-c4ccc(OCCCCCCCCCCCC)cc4)c4ccc([nH]4)c(-c4cccnc4)c4nc(c(-c5ccc(OCCCCCCCCCCCC)cc5)c5ccc2[nH]5)C=C4)C=C3)cc1. The van der Waals surface area contributed by atoms with Crippen molar-refractivity contribution in [2.75, 3.05) is 19.8 Å². The molecule has 2 aliphatic rings. The van der Waals surface area contributed by atoms with Crippen molar-refractivity contribution < 1.29 is 14.2 Å². The first-order valence-electron chi connectivity index (χ1n) is 34.4. The number of hydrogen-bond acceptors (Lipinski definition) is 6. The number of fused-ring (bicyclic) bond motifs is 8. The minimum atomic E-state index is 0.718. The number of unbranched alkanes of at least 4 members (excludes halogenated alkanes) is 27. The number of rotatable bonds is 40. The van der Waals surface area contributed by atoms with Crippen LogP contribution in [0.25, 0.3) is 90.9 Å². The van der Waals surface area contributed by atoms with Crippen LogP contribution in [0.1, 0.15) is 236 Å². The van der Waals surface area contributed by atoms with Crippen LogP contribution in [0.2, 0.25) is 0 Å². The Labute approximate surface area is 522 Å². The van der Waals surface area contributed by atoms with Crippen LogP contribution in [0.15, 0.2) is 122 Å². The van der Waals surface area contributed by atoms with Gasteiger partial charge in [0.25, 0.3) is 0 Å². The summed E-state index contributed by atoms with van der Waals surface area (Å²) in [7, 11) is 0. The summed E-state index contributed by atoms with van der Waals surface area (Å²) in [6.07, 6.45) is 51.4. The number of nitrogens with zero attached hydrogens (tertiary/aromatic N) is 3. The average molecular weight is 1170 g/mol. The highest BCUT2D eigenvalue weighted by molar-refractivity contribution is 5.99. The third kappa shape index (κ3) is 19.7. The van der Waals surface area contributed by atoms with Gasteiger partial charge in [0.05, 0.1) is 42.6 Å². The predicted molar refractivity (Wildman–Crippen MR) is 370 cm³/mol. The molecule has 460 valence electrons. The molecule has 87 heavy (non-hydrogen) atoms. The second kappa shape index (κ2) is 36.2. The smallest absolute Gasteiger partial charge is 0.119 e. The van der Waals surface area contributed by atoms with Crippen LogP contribution in [-0.4, -0.2) is 44.7 Å². The van der Waals surface area contributed by atoms with Crippen molar-refractivity contribution in [3.05, 3.63) is 144 Å². The number of nitrogens with one attached hydrogen (secondary N) is 2. The topological polar surface area (TPSA) is 97.9 Å². The minimum absolute atomic E-state index is 0.718. The van der Waals surface area contributed by atoms with Gasteiger partial charge in [-0.3, -0.25) is 4.98 Å². The molecule has 0 unspecified atom stereocenters. The Kier molecular flexibility index (Phi) is 26.7. The molecule has 0 amide bonds. The van der Waals surface area contributed by atoms with Gasteiger partial charge < -0.3 is 24.2 Å². The van der Waals surface area contributed by atoms with Crippen LogP contribution in [0.4, 0.5) is 0 Å². The van der Waals surface area contributed by atoms with Gasteiger partial charge in [-0.2, -0.15) is 0 Å². The second-order valence-electron chi connectivity index (χ2n) is 24.4. The van der Waals surface area contributed by atoms with Crippen LogP contribution in [0.3, 0.4) is 0 Å². The number of benzene rings is 3. The van der Waals surface area contributed by atoms with Crippen LogP contribution in [0, 0.1) is 0 Å². The highest BCUT2D eigenvalue weighted by Crippen LogP contribution is 2.39. The summed E-state index contributed by atoms with van der Waals surface area (Å²) in [6, 6.07) is 38.6. The summed E-state index contributed by atoms with van der Waals surface area (Å²) < 4.78 is 19.1. The third-order valence-corrected chi connectivity index (χ3v) is 17.4. The first-order valence-corrected chi connectivity index (χ1v) is 34.4. The molecule has 8 nitrogen and oxygen atoms in total. The van der Waals surface area contributed by atoms with E-state index in [1.807, 2.05) is 18.5 Å².